The summed E-state index contributed by atoms with van der Waals surface area (Å²) in [7, 11) is 5.92. The Kier molecular flexibility index (Phi) is 4.97. The van der Waals surface area contributed by atoms with Crippen molar-refractivity contribution in [3.63, 3.8) is 0 Å². The molecule has 5 heteroatoms. The van der Waals surface area contributed by atoms with Crippen molar-refractivity contribution in [1.29, 1.82) is 0 Å². The van der Waals surface area contributed by atoms with Gasteiger partial charge in [0, 0.05) is 19.3 Å². The van der Waals surface area contributed by atoms with E-state index >= 15 is 0 Å². The van der Waals surface area contributed by atoms with E-state index in [0.717, 1.165) is 19.5 Å². The zero-order valence-corrected chi connectivity index (χ0v) is 11.2. The molecule has 1 aromatic rings. The molecular formula is C13H21N3O2. The Hall–Kier alpha value is -1.75. The number of hydrogen-bond acceptors (Lipinski definition) is 4. The predicted molar refractivity (Wildman–Crippen MR) is 74.3 cm³/mol. The second kappa shape index (κ2) is 6.26. The van der Waals surface area contributed by atoms with Gasteiger partial charge in [0.25, 0.3) is 0 Å². The highest BCUT2D eigenvalue weighted by Gasteiger charge is 2.13. The van der Waals surface area contributed by atoms with Gasteiger partial charge in [0.1, 0.15) is 0 Å². The van der Waals surface area contributed by atoms with Crippen LogP contribution in [-0.4, -0.2) is 50.2 Å². The molecule has 0 aromatic heterocycles. The Labute approximate surface area is 108 Å². The molecule has 0 radical (unpaired) electrons. The van der Waals surface area contributed by atoms with Crippen molar-refractivity contribution in [2.24, 2.45) is 0 Å². The summed E-state index contributed by atoms with van der Waals surface area (Å²) in [5, 5.41) is 9.14. The molecule has 0 unspecified atom stereocenters. The first-order valence-corrected chi connectivity index (χ1v) is 5.90. The maximum atomic E-state index is 11.1. The lowest BCUT2D eigenvalue weighted by Crippen LogP contribution is -2.25. The van der Waals surface area contributed by atoms with E-state index in [4.69, 9.17) is 10.8 Å². The van der Waals surface area contributed by atoms with Gasteiger partial charge in [-0.25, -0.2) is 4.79 Å². The van der Waals surface area contributed by atoms with Crippen LogP contribution in [0.25, 0.3) is 0 Å². The Bertz CT molecular complexity index is 419. The third-order valence-corrected chi connectivity index (χ3v) is 2.76. The summed E-state index contributed by atoms with van der Waals surface area (Å²) in [6, 6.07) is 4.87. The number of carboxylic acid groups (broad SMARTS) is 1. The summed E-state index contributed by atoms with van der Waals surface area (Å²) in [5.74, 6) is -0.926. The van der Waals surface area contributed by atoms with Crippen molar-refractivity contribution in [3.05, 3.63) is 23.8 Å². The topological polar surface area (TPSA) is 69.8 Å². The number of rotatable bonds is 6. The maximum Gasteiger partial charge on any atom is 0.337 e. The van der Waals surface area contributed by atoms with Crippen LogP contribution in [-0.2, 0) is 0 Å². The molecule has 1 rings (SSSR count). The summed E-state index contributed by atoms with van der Waals surface area (Å²) in [6.45, 7) is 1.76. The lowest BCUT2D eigenvalue weighted by Gasteiger charge is -2.22. The minimum atomic E-state index is -0.926. The number of anilines is 2. The van der Waals surface area contributed by atoms with E-state index < -0.39 is 5.97 Å². The second-order valence-electron chi connectivity index (χ2n) is 4.66. The molecule has 0 atom stereocenters. The second-order valence-corrected chi connectivity index (χ2v) is 4.66. The largest absolute Gasteiger partial charge is 0.478 e. The molecule has 0 fully saturated rings. The number of carboxylic acids is 1. The molecule has 100 valence electrons. The average Bonchev–Trinajstić information content (AvgIpc) is 2.27. The summed E-state index contributed by atoms with van der Waals surface area (Å²) in [4.78, 5) is 15.2. The first-order chi connectivity index (χ1) is 8.41. The van der Waals surface area contributed by atoms with Crippen LogP contribution in [0, 0.1) is 0 Å². The van der Waals surface area contributed by atoms with E-state index in [1.54, 1.807) is 18.2 Å². The standard InChI is InChI=1S/C13H21N3O2/c1-15(2)7-4-8-16(3)12-9-10(14)5-6-11(12)13(17)18/h5-6,9H,4,7-8,14H2,1-3H3,(H,17,18). The molecule has 0 amide bonds. The number of nitrogens with zero attached hydrogens (tertiary/aromatic N) is 2. The van der Waals surface area contributed by atoms with Gasteiger partial charge in [-0.15, -0.1) is 0 Å². The molecule has 0 heterocycles. The molecule has 0 aliphatic carbocycles. The fourth-order valence-electron chi connectivity index (χ4n) is 1.79. The van der Waals surface area contributed by atoms with Crippen molar-refractivity contribution in [2.45, 2.75) is 6.42 Å². The highest BCUT2D eigenvalue weighted by Crippen LogP contribution is 2.22. The van der Waals surface area contributed by atoms with Gasteiger partial charge in [0.15, 0.2) is 0 Å². The van der Waals surface area contributed by atoms with Crippen LogP contribution >= 0.6 is 0 Å². The molecule has 0 aliphatic rings. The molecule has 0 saturated heterocycles. The highest BCUT2D eigenvalue weighted by molar-refractivity contribution is 5.95. The van der Waals surface area contributed by atoms with Gasteiger partial charge in [0.2, 0.25) is 0 Å². The van der Waals surface area contributed by atoms with Crippen LogP contribution in [0.3, 0.4) is 0 Å². The van der Waals surface area contributed by atoms with Crippen LogP contribution in [0.2, 0.25) is 0 Å². The normalized spacial score (nSPS) is 10.7. The van der Waals surface area contributed by atoms with Gasteiger partial charge in [-0.2, -0.15) is 0 Å². The van der Waals surface area contributed by atoms with Crippen LogP contribution in [0.1, 0.15) is 16.8 Å². The van der Waals surface area contributed by atoms with Crippen LogP contribution < -0.4 is 10.6 Å². The summed E-state index contributed by atoms with van der Waals surface area (Å²) in [6.07, 6.45) is 0.970. The van der Waals surface area contributed by atoms with E-state index in [9.17, 15) is 4.79 Å². The molecular weight excluding hydrogens is 230 g/mol. The van der Waals surface area contributed by atoms with Gasteiger partial charge in [-0.3, -0.25) is 0 Å². The number of aromatic carboxylic acids is 1. The van der Waals surface area contributed by atoms with Gasteiger partial charge in [-0.1, -0.05) is 0 Å². The Morgan fingerprint density at radius 3 is 2.50 bits per heavy atom. The Balaban J connectivity index is 2.80. The zero-order valence-electron chi connectivity index (χ0n) is 11.2. The summed E-state index contributed by atoms with van der Waals surface area (Å²) >= 11 is 0. The molecule has 0 spiro atoms. The molecule has 0 bridgehead atoms. The SMILES string of the molecule is CN(C)CCCN(C)c1cc(N)ccc1C(=O)O. The minimum absolute atomic E-state index is 0.288. The Morgan fingerprint density at radius 2 is 1.94 bits per heavy atom. The van der Waals surface area contributed by atoms with E-state index in [-0.39, 0.29) is 5.56 Å². The highest BCUT2D eigenvalue weighted by atomic mass is 16.4. The first kappa shape index (κ1) is 14.3. The quantitative estimate of drug-likeness (QED) is 0.747. The van der Waals surface area contributed by atoms with Crippen molar-refractivity contribution in [3.8, 4) is 0 Å². The molecule has 18 heavy (non-hydrogen) atoms. The molecule has 5 nitrogen and oxygen atoms in total. The number of benzene rings is 1. The monoisotopic (exact) mass is 251 g/mol. The predicted octanol–water partition coefficient (Wildman–Crippen LogP) is 1.35. The molecule has 1 aromatic carbocycles. The van der Waals surface area contributed by atoms with Gasteiger partial charge < -0.3 is 20.6 Å². The van der Waals surface area contributed by atoms with Crippen LogP contribution in [0.5, 0.6) is 0 Å². The minimum Gasteiger partial charge on any atom is -0.478 e. The number of nitrogen functional groups attached to an aromatic ring is 1. The third kappa shape index (κ3) is 3.92. The van der Waals surface area contributed by atoms with Gasteiger partial charge >= 0.3 is 5.97 Å². The van der Waals surface area contributed by atoms with Crippen LogP contribution in [0.15, 0.2) is 18.2 Å². The van der Waals surface area contributed by atoms with Crippen LogP contribution in [0.4, 0.5) is 11.4 Å². The fourth-order valence-corrected chi connectivity index (χ4v) is 1.79. The maximum absolute atomic E-state index is 11.1. The third-order valence-electron chi connectivity index (χ3n) is 2.76. The van der Waals surface area contributed by atoms with Crippen molar-refractivity contribution in [2.75, 3.05) is 44.9 Å². The lowest BCUT2D eigenvalue weighted by atomic mass is 10.1. The molecule has 3 N–H and O–H groups in total. The number of hydrogen-bond donors (Lipinski definition) is 2. The van der Waals surface area contributed by atoms with E-state index in [0.29, 0.717) is 11.4 Å². The first-order valence-electron chi connectivity index (χ1n) is 5.90. The van der Waals surface area contributed by atoms with E-state index in [1.807, 2.05) is 26.0 Å². The Morgan fingerprint density at radius 1 is 1.28 bits per heavy atom. The average molecular weight is 251 g/mol. The van der Waals surface area contributed by atoms with Crippen molar-refractivity contribution < 1.29 is 9.90 Å². The summed E-state index contributed by atoms with van der Waals surface area (Å²) in [5.41, 5.74) is 7.25. The smallest absolute Gasteiger partial charge is 0.337 e. The molecule has 0 aliphatic heterocycles. The molecule has 0 saturated carbocycles. The fraction of sp³-hybridized carbons (Fsp3) is 0.462. The van der Waals surface area contributed by atoms with E-state index in [2.05, 4.69) is 4.90 Å². The van der Waals surface area contributed by atoms with Crippen molar-refractivity contribution in [1.82, 2.24) is 4.90 Å². The van der Waals surface area contributed by atoms with Gasteiger partial charge in [0.05, 0.1) is 11.3 Å². The van der Waals surface area contributed by atoms with Gasteiger partial charge in [-0.05, 0) is 45.3 Å². The lowest BCUT2D eigenvalue weighted by molar-refractivity contribution is 0.0697. The summed E-state index contributed by atoms with van der Waals surface area (Å²) < 4.78 is 0. The zero-order chi connectivity index (χ0) is 13.7. The number of nitrogens with two attached hydrogens (primary N) is 1. The van der Waals surface area contributed by atoms with E-state index in [1.165, 1.54) is 0 Å². The number of carbonyl (C=O) groups is 1. The van der Waals surface area contributed by atoms with Crippen molar-refractivity contribution >= 4 is 17.3 Å².